The van der Waals surface area contributed by atoms with E-state index in [2.05, 4.69) is 28.8 Å². The molecule has 0 atom stereocenters. The molecule has 5 heteroatoms. The zero-order chi connectivity index (χ0) is 23.2. The molecule has 0 saturated carbocycles. The molecule has 7 rings (SSSR count). The van der Waals surface area contributed by atoms with Crippen LogP contribution in [-0.2, 0) is 0 Å². The van der Waals surface area contributed by atoms with Crippen molar-refractivity contribution in [3.8, 4) is 34.2 Å². The molecule has 0 aliphatic heterocycles. The predicted octanol–water partition coefficient (Wildman–Crippen LogP) is 6.83. The van der Waals surface area contributed by atoms with E-state index >= 15 is 0 Å². The number of rotatable bonds is 3. The van der Waals surface area contributed by atoms with Crippen LogP contribution in [-0.4, -0.2) is 24.3 Å². The lowest BCUT2D eigenvalue weighted by molar-refractivity contribution is 1.07. The van der Waals surface area contributed by atoms with Gasteiger partial charge in [0.05, 0.1) is 11.0 Å². The van der Waals surface area contributed by atoms with Crippen molar-refractivity contribution < 1.29 is 0 Å². The lowest BCUT2D eigenvalue weighted by Crippen LogP contribution is -2.01. The zero-order valence-corrected chi connectivity index (χ0v) is 18.7. The smallest absolute Gasteiger partial charge is 0.166 e. The van der Waals surface area contributed by atoms with Crippen LogP contribution in [0.4, 0.5) is 0 Å². The molecule has 0 aliphatic carbocycles. The van der Waals surface area contributed by atoms with Crippen LogP contribution >= 0.6 is 0 Å². The van der Waals surface area contributed by atoms with Gasteiger partial charge < -0.3 is 0 Å². The average molecular weight is 450 g/mol. The third-order valence-electron chi connectivity index (χ3n) is 6.25. The number of hydrogen-bond donors (Lipinski definition) is 0. The van der Waals surface area contributed by atoms with Crippen LogP contribution in [0.1, 0.15) is 0 Å². The average Bonchev–Trinajstić information content (AvgIpc) is 3.32. The van der Waals surface area contributed by atoms with Crippen molar-refractivity contribution in [2.24, 2.45) is 0 Å². The second-order valence-corrected chi connectivity index (χ2v) is 8.42. The van der Waals surface area contributed by atoms with E-state index in [9.17, 15) is 0 Å². The Hall–Kier alpha value is -4.90. The number of nitrogens with zero attached hydrogens (tertiary/aromatic N) is 5. The first-order valence-electron chi connectivity index (χ1n) is 11.5. The SMILES string of the molecule is c1ccc(-c2nc(-c3ccccc3)nc(-c3cn4c5ccccc5nc4c4ccccc34)n2)cc1. The first-order valence-corrected chi connectivity index (χ1v) is 11.5. The number of benzene rings is 4. The predicted molar refractivity (Wildman–Crippen MR) is 140 cm³/mol. The summed E-state index contributed by atoms with van der Waals surface area (Å²) in [6.45, 7) is 0. The highest BCUT2D eigenvalue weighted by atomic mass is 15.0. The summed E-state index contributed by atoms with van der Waals surface area (Å²) in [6.07, 6.45) is 2.10. The summed E-state index contributed by atoms with van der Waals surface area (Å²) in [5.74, 6) is 1.93. The molecule has 3 aromatic heterocycles. The maximum Gasteiger partial charge on any atom is 0.166 e. The van der Waals surface area contributed by atoms with Gasteiger partial charge in [-0.25, -0.2) is 19.9 Å². The van der Waals surface area contributed by atoms with Crippen molar-refractivity contribution in [3.05, 3.63) is 115 Å². The summed E-state index contributed by atoms with van der Waals surface area (Å²) in [4.78, 5) is 19.7. The molecule has 7 aromatic rings. The van der Waals surface area contributed by atoms with Gasteiger partial charge in [0.2, 0.25) is 0 Å². The molecule has 0 bridgehead atoms. The summed E-state index contributed by atoms with van der Waals surface area (Å²) >= 11 is 0. The molecule has 0 radical (unpaired) electrons. The molecule has 0 fully saturated rings. The second kappa shape index (κ2) is 7.85. The highest BCUT2D eigenvalue weighted by Crippen LogP contribution is 2.33. The lowest BCUT2D eigenvalue weighted by Gasteiger charge is -2.11. The Bertz CT molecular complexity index is 1780. The second-order valence-electron chi connectivity index (χ2n) is 8.42. The molecule has 35 heavy (non-hydrogen) atoms. The maximum absolute atomic E-state index is 4.96. The molecule has 0 spiro atoms. The molecule has 4 aromatic carbocycles. The molecule has 0 aliphatic rings. The number of para-hydroxylation sites is 2. The van der Waals surface area contributed by atoms with E-state index in [4.69, 9.17) is 19.9 Å². The Balaban J connectivity index is 1.57. The fourth-order valence-electron chi connectivity index (χ4n) is 4.58. The van der Waals surface area contributed by atoms with E-state index in [1.807, 2.05) is 91.0 Å². The van der Waals surface area contributed by atoms with Gasteiger partial charge in [-0.1, -0.05) is 97.1 Å². The Kier molecular flexibility index (Phi) is 4.39. The van der Waals surface area contributed by atoms with E-state index in [1.54, 1.807) is 0 Å². The lowest BCUT2D eigenvalue weighted by atomic mass is 10.1. The van der Waals surface area contributed by atoms with Crippen LogP contribution in [0.5, 0.6) is 0 Å². The van der Waals surface area contributed by atoms with Crippen LogP contribution in [0.2, 0.25) is 0 Å². The van der Waals surface area contributed by atoms with Gasteiger partial charge in [0.15, 0.2) is 17.5 Å². The van der Waals surface area contributed by atoms with E-state index in [1.165, 1.54) is 0 Å². The molecular formula is C30H19N5. The minimum atomic E-state index is 0.633. The third-order valence-corrected chi connectivity index (χ3v) is 6.25. The van der Waals surface area contributed by atoms with E-state index in [0.717, 1.165) is 44.1 Å². The fourth-order valence-corrected chi connectivity index (χ4v) is 4.58. The Morgan fingerprint density at radius 3 is 1.69 bits per heavy atom. The standard InChI is InChI=1S/C30H19N5/c1-3-11-20(12-4-1)27-32-28(21-13-5-2-6-14-21)34-29(33-27)24-19-35-26-18-10-9-17-25(26)31-30(35)23-16-8-7-15-22(23)24/h1-19H. The largest absolute Gasteiger partial charge is 0.298 e. The van der Waals surface area contributed by atoms with Gasteiger partial charge in [0.25, 0.3) is 0 Å². The summed E-state index contributed by atoms with van der Waals surface area (Å²) in [7, 11) is 0. The molecule has 0 saturated heterocycles. The first-order chi connectivity index (χ1) is 17.3. The summed E-state index contributed by atoms with van der Waals surface area (Å²) < 4.78 is 2.14. The monoisotopic (exact) mass is 449 g/mol. The molecule has 0 unspecified atom stereocenters. The molecular weight excluding hydrogens is 430 g/mol. The maximum atomic E-state index is 4.96. The molecule has 5 nitrogen and oxygen atoms in total. The quantitative estimate of drug-likeness (QED) is 0.297. The highest BCUT2D eigenvalue weighted by molar-refractivity contribution is 6.04. The minimum Gasteiger partial charge on any atom is -0.298 e. The zero-order valence-electron chi connectivity index (χ0n) is 18.7. The van der Waals surface area contributed by atoms with E-state index in [-0.39, 0.29) is 0 Å². The van der Waals surface area contributed by atoms with Crippen molar-refractivity contribution in [1.82, 2.24) is 24.3 Å². The third kappa shape index (κ3) is 3.25. The van der Waals surface area contributed by atoms with Gasteiger partial charge in [0.1, 0.15) is 5.65 Å². The number of imidazole rings is 1. The van der Waals surface area contributed by atoms with Gasteiger partial charge in [-0.2, -0.15) is 0 Å². The first kappa shape index (κ1) is 19.6. The number of aromatic nitrogens is 5. The molecule has 0 amide bonds. The Labute approximate surface area is 201 Å². The minimum absolute atomic E-state index is 0.633. The van der Waals surface area contributed by atoms with Gasteiger partial charge in [-0.05, 0) is 17.5 Å². The number of pyridine rings is 1. The van der Waals surface area contributed by atoms with E-state index < -0.39 is 0 Å². The van der Waals surface area contributed by atoms with Crippen molar-refractivity contribution in [3.63, 3.8) is 0 Å². The summed E-state index contributed by atoms with van der Waals surface area (Å²) in [5.41, 5.74) is 5.77. The van der Waals surface area contributed by atoms with Crippen LogP contribution < -0.4 is 0 Å². The Morgan fingerprint density at radius 1 is 0.457 bits per heavy atom. The normalized spacial score (nSPS) is 11.4. The Morgan fingerprint density at radius 2 is 1.00 bits per heavy atom. The van der Waals surface area contributed by atoms with Crippen LogP contribution in [0.15, 0.2) is 115 Å². The van der Waals surface area contributed by atoms with Gasteiger partial charge in [-0.3, -0.25) is 4.40 Å². The van der Waals surface area contributed by atoms with Gasteiger partial charge in [-0.15, -0.1) is 0 Å². The van der Waals surface area contributed by atoms with Crippen LogP contribution in [0, 0.1) is 0 Å². The van der Waals surface area contributed by atoms with Crippen molar-refractivity contribution in [2.75, 3.05) is 0 Å². The highest BCUT2D eigenvalue weighted by Gasteiger charge is 2.17. The van der Waals surface area contributed by atoms with Crippen molar-refractivity contribution in [2.45, 2.75) is 0 Å². The molecule has 0 N–H and O–H groups in total. The molecule has 164 valence electrons. The van der Waals surface area contributed by atoms with Crippen molar-refractivity contribution in [1.29, 1.82) is 0 Å². The molecule has 3 heterocycles. The van der Waals surface area contributed by atoms with Crippen LogP contribution in [0.25, 0.3) is 61.6 Å². The van der Waals surface area contributed by atoms with Gasteiger partial charge >= 0.3 is 0 Å². The number of fused-ring (bicyclic) bond motifs is 5. The number of hydrogen-bond acceptors (Lipinski definition) is 4. The van der Waals surface area contributed by atoms with E-state index in [0.29, 0.717) is 17.5 Å². The topological polar surface area (TPSA) is 56.0 Å². The van der Waals surface area contributed by atoms with Crippen LogP contribution in [0.3, 0.4) is 0 Å². The summed E-state index contributed by atoms with van der Waals surface area (Å²) in [6, 6.07) is 36.6. The van der Waals surface area contributed by atoms with Crippen molar-refractivity contribution >= 4 is 27.5 Å². The fraction of sp³-hybridized carbons (Fsp3) is 0. The summed E-state index contributed by atoms with van der Waals surface area (Å²) in [5, 5.41) is 2.11. The van der Waals surface area contributed by atoms with Gasteiger partial charge in [0, 0.05) is 28.3 Å².